The van der Waals surface area contributed by atoms with Gasteiger partial charge in [0.2, 0.25) is 6.29 Å². The molecule has 4 rings (SSSR count). The summed E-state index contributed by atoms with van der Waals surface area (Å²) >= 11 is 0. The smallest absolute Gasteiger partial charge is 0.215 e. The van der Waals surface area contributed by atoms with Gasteiger partial charge in [-0.3, -0.25) is 9.69 Å². The first kappa shape index (κ1) is 35.5. The molecule has 2 saturated heterocycles. The molecule has 0 aromatic heterocycles. The van der Waals surface area contributed by atoms with Gasteiger partial charge in [-0.15, -0.1) is 0 Å². The van der Waals surface area contributed by atoms with Gasteiger partial charge in [0.25, 0.3) is 0 Å². The van der Waals surface area contributed by atoms with Crippen LogP contribution < -0.4 is 34.0 Å². The van der Waals surface area contributed by atoms with E-state index in [0.717, 1.165) is 0 Å². The lowest BCUT2D eigenvalue weighted by Crippen LogP contribution is -2.76. The third kappa shape index (κ3) is 6.83. The zero-order valence-electron chi connectivity index (χ0n) is 25.4. The highest BCUT2D eigenvalue weighted by Crippen LogP contribution is 2.37. The molecule has 0 bridgehead atoms. The normalized spacial score (nSPS) is 46.7. The summed E-state index contributed by atoms with van der Waals surface area (Å²) in [6.07, 6.45) is -8.56. The minimum Gasteiger partial charge on any atom is -0.466 e. The summed E-state index contributed by atoms with van der Waals surface area (Å²) in [5.41, 5.74) is 27.8. The molecule has 1 saturated carbocycles. The molecule has 4 aliphatic rings. The van der Waals surface area contributed by atoms with Crippen molar-refractivity contribution in [3.63, 3.8) is 0 Å². The molecule has 3 heterocycles. The van der Waals surface area contributed by atoms with E-state index in [-0.39, 0.29) is 19.1 Å². The van der Waals surface area contributed by atoms with Crippen molar-refractivity contribution in [1.82, 2.24) is 10.2 Å². The summed E-state index contributed by atoms with van der Waals surface area (Å²) in [6.45, 7) is 1.23. The van der Waals surface area contributed by atoms with Crippen LogP contribution in [0.3, 0.4) is 0 Å². The van der Waals surface area contributed by atoms with Crippen LogP contribution in [-0.4, -0.2) is 161 Å². The van der Waals surface area contributed by atoms with E-state index in [9.17, 15) is 30.3 Å². The van der Waals surface area contributed by atoms with Crippen LogP contribution in [0.5, 0.6) is 0 Å². The summed E-state index contributed by atoms with van der Waals surface area (Å²) in [7, 11) is 3.39. The summed E-state index contributed by atoms with van der Waals surface area (Å²) < 4.78 is 23.9. The molecule has 0 aromatic carbocycles. The molecule has 3 aliphatic heterocycles. The Hall–Kier alpha value is -1.39. The molecule has 0 radical (unpaired) electrons. The predicted octanol–water partition coefficient (Wildman–Crippen LogP) is -6.16. The highest BCUT2D eigenvalue weighted by atomic mass is 16.7. The van der Waals surface area contributed by atoms with Crippen LogP contribution in [-0.2, 0) is 23.7 Å². The number of carbonyl (C=O) groups is 1. The van der Waals surface area contributed by atoms with Crippen LogP contribution in [0.25, 0.3) is 0 Å². The quantitative estimate of drug-likeness (QED) is 0.107. The van der Waals surface area contributed by atoms with Gasteiger partial charge in [-0.2, -0.15) is 0 Å². The Morgan fingerprint density at radius 3 is 2.48 bits per heavy atom. The molecular weight excluding hydrogens is 582 g/mol. The lowest BCUT2D eigenvalue weighted by molar-refractivity contribution is -0.308. The van der Waals surface area contributed by atoms with E-state index < -0.39 is 96.8 Å². The number of likely N-dealkylation sites (tertiary alicyclic amines) is 1. The number of ether oxygens (including phenoxy) is 4. The first-order chi connectivity index (χ1) is 20.5. The van der Waals surface area contributed by atoms with Gasteiger partial charge in [0, 0.05) is 25.2 Å². The van der Waals surface area contributed by atoms with Gasteiger partial charge in [0.1, 0.15) is 47.4 Å². The van der Waals surface area contributed by atoms with E-state index >= 15 is 0 Å². The topological polar surface area (TPSA) is 301 Å². The Kier molecular flexibility index (Phi) is 11.1. The number of rotatable bonds is 10. The van der Waals surface area contributed by atoms with E-state index in [1.807, 2.05) is 11.9 Å². The number of hydrogen-bond donors (Lipinski definition) is 11. The van der Waals surface area contributed by atoms with Crippen molar-refractivity contribution >= 4 is 5.78 Å². The van der Waals surface area contributed by atoms with E-state index in [1.165, 1.54) is 14.0 Å². The first-order valence-electron chi connectivity index (χ1n) is 15.0. The van der Waals surface area contributed by atoms with Crippen LogP contribution in [0.15, 0.2) is 11.8 Å². The number of carbonyl (C=O) groups excluding carboxylic acids is 1. The molecule has 44 heavy (non-hydrogen) atoms. The van der Waals surface area contributed by atoms with Gasteiger partial charge in [0.15, 0.2) is 12.1 Å². The fourth-order valence-corrected chi connectivity index (χ4v) is 6.85. The standard InChI is InChI=1S/C27H51N7O10/c1-26(40)10-41-25(19(38)21(26)33-2)44-23-18(37)20(13(30)7-27(23,32)22(39)15(36)8-28)43-24-12(29)4-5-16(42-24)17(31)14-6-11(35)9-34(14)3/h5,11-15,17-21,23-25,33,35-38,40H,4,6-10,28-32H2,1-3H3/t11-,12+,13-,14+,15-,17?,18-,19+,20+,21+,23+,24+,25+,26-,27-/m0/s1. The van der Waals surface area contributed by atoms with Crippen molar-refractivity contribution in [1.29, 1.82) is 0 Å². The van der Waals surface area contributed by atoms with Crippen LogP contribution >= 0.6 is 0 Å². The van der Waals surface area contributed by atoms with Crippen LogP contribution in [0.1, 0.15) is 26.2 Å². The summed E-state index contributed by atoms with van der Waals surface area (Å²) in [5, 5.41) is 56.5. The second-order valence-corrected chi connectivity index (χ2v) is 12.9. The third-order valence-electron chi connectivity index (χ3n) is 9.36. The average molecular weight is 634 g/mol. The maximum atomic E-state index is 13.4. The van der Waals surface area contributed by atoms with Crippen LogP contribution in [0, 0.1) is 0 Å². The Balaban J connectivity index is 1.57. The van der Waals surface area contributed by atoms with Crippen molar-refractivity contribution in [2.75, 3.05) is 33.8 Å². The van der Waals surface area contributed by atoms with Gasteiger partial charge < -0.3 is 78.5 Å². The number of likely N-dealkylation sites (N-methyl/N-ethyl adjacent to an activating group) is 2. The SMILES string of the molecule is CN[C@@H]1[C@@H](O)[C@@H](O[C@@H]2[C@@H](O)[C@H](O[C@H]3OC(C(N)[C@H]4C[C@H](O)CN4C)=CC[C@H]3N)[C@@H](N)C[C@]2(N)C(=O)[C@@H](O)CN)OC[C@]1(C)O. The monoisotopic (exact) mass is 633 g/mol. The number of nitrogens with zero attached hydrogens (tertiary/aromatic N) is 1. The number of hydrogen-bond acceptors (Lipinski definition) is 17. The number of aliphatic hydroxyl groups is 5. The molecule has 16 N–H and O–H groups in total. The predicted molar refractivity (Wildman–Crippen MR) is 155 cm³/mol. The van der Waals surface area contributed by atoms with Crippen molar-refractivity contribution < 1.29 is 49.3 Å². The van der Waals surface area contributed by atoms with E-state index in [2.05, 4.69) is 5.32 Å². The van der Waals surface area contributed by atoms with Crippen molar-refractivity contribution in [2.45, 2.75) is 117 Å². The summed E-state index contributed by atoms with van der Waals surface area (Å²) in [4.78, 5) is 15.3. The van der Waals surface area contributed by atoms with E-state index in [0.29, 0.717) is 25.1 Å². The number of nitrogens with one attached hydrogen (secondary N) is 1. The number of β-amino-alcohol motifs (C(OH)–C–C–N with tert-alkyl or cyclic N) is 1. The van der Waals surface area contributed by atoms with E-state index in [1.54, 1.807) is 6.08 Å². The zero-order chi connectivity index (χ0) is 32.7. The van der Waals surface area contributed by atoms with Crippen molar-refractivity contribution in [3.05, 3.63) is 11.8 Å². The molecule has 1 aliphatic carbocycles. The van der Waals surface area contributed by atoms with Crippen molar-refractivity contribution in [3.8, 4) is 0 Å². The van der Waals surface area contributed by atoms with Gasteiger partial charge in [-0.1, -0.05) is 0 Å². The molecule has 254 valence electrons. The second kappa shape index (κ2) is 13.8. The minimum atomic E-state index is -2.08. The maximum absolute atomic E-state index is 13.4. The molecule has 15 atom stereocenters. The lowest BCUT2D eigenvalue weighted by Gasteiger charge is -2.52. The Morgan fingerprint density at radius 2 is 1.89 bits per heavy atom. The van der Waals surface area contributed by atoms with Crippen molar-refractivity contribution in [2.24, 2.45) is 28.7 Å². The highest BCUT2D eigenvalue weighted by molar-refractivity contribution is 5.93. The van der Waals surface area contributed by atoms with Gasteiger partial charge in [0.05, 0.1) is 30.8 Å². The summed E-state index contributed by atoms with van der Waals surface area (Å²) in [6, 6.07) is -3.43. The van der Waals surface area contributed by atoms with Crippen LogP contribution in [0.4, 0.5) is 0 Å². The van der Waals surface area contributed by atoms with Crippen LogP contribution in [0.2, 0.25) is 0 Å². The molecular formula is C27H51N7O10. The number of ketones is 1. The first-order valence-corrected chi connectivity index (χ1v) is 15.0. The molecule has 0 spiro atoms. The Labute approximate surface area is 256 Å². The molecule has 0 aromatic rings. The lowest BCUT2D eigenvalue weighted by atomic mass is 9.70. The summed E-state index contributed by atoms with van der Waals surface area (Å²) in [5.74, 6) is -0.516. The van der Waals surface area contributed by atoms with E-state index in [4.69, 9.17) is 47.6 Å². The molecule has 1 unspecified atom stereocenters. The maximum Gasteiger partial charge on any atom is 0.215 e. The number of aliphatic hydroxyl groups excluding tert-OH is 4. The minimum absolute atomic E-state index is 0.187. The van der Waals surface area contributed by atoms with Gasteiger partial charge >= 0.3 is 0 Å². The average Bonchev–Trinajstić information content (AvgIpc) is 3.31. The highest BCUT2D eigenvalue weighted by Gasteiger charge is 2.59. The number of nitrogens with two attached hydrogens (primary N) is 5. The Morgan fingerprint density at radius 1 is 1.20 bits per heavy atom. The molecule has 3 fully saturated rings. The fraction of sp³-hybridized carbons (Fsp3) is 0.889. The largest absolute Gasteiger partial charge is 0.466 e. The third-order valence-corrected chi connectivity index (χ3v) is 9.36. The number of Topliss-reactive ketones (excluding diaryl/α,β-unsaturated/α-hetero) is 1. The second-order valence-electron chi connectivity index (χ2n) is 12.9. The molecule has 0 amide bonds. The van der Waals surface area contributed by atoms with Gasteiger partial charge in [-0.25, -0.2) is 0 Å². The molecule has 17 heteroatoms. The van der Waals surface area contributed by atoms with Gasteiger partial charge in [-0.05, 0) is 46.4 Å². The Bertz CT molecular complexity index is 1040. The molecule has 17 nitrogen and oxygen atoms in total. The fourth-order valence-electron chi connectivity index (χ4n) is 6.85. The zero-order valence-corrected chi connectivity index (χ0v) is 25.4.